The summed E-state index contributed by atoms with van der Waals surface area (Å²) in [4.78, 5) is 27.6. The van der Waals surface area contributed by atoms with Gasteiger partial charge in [0.15, 0.2) is 0 Å². The molecule has 1 amide bonds. The van der Waals surface area contributed by atoms with E-state index in [0.717, 1.165) is 16.7 Å². The van der Waals surface area contributed by atoms with E-state index in [1.165, 1.54) is 24.8 Å². The van der Waals surface area contributed by atoms with Crippen LogP contribution in [0.3, 0.4) is 0 Å². The summed E-state index contributed by atoms with van der Waals surface area (Å²) < 4.78 is 46.7. The lowest BCUT2D eigenvalue weighted by Gasteiger charge is -2.15. The molecule has 3 aromatic heterocycles. The van der Waals surface area contributed by atoms with E-state index >= 15 is 0 Å². The van der Waals surface area contributed by atoms with Gasteiger partial charge in [-0.05, 0) is 24.5 Å². The number of alkyl halides is 3. The lowest BCUT2D eigenvalue weighted by atomic mass is 10.0. The van der Waals surface area contributed by atoms with Crippen LogP contribution in [0.25, 0.3) is 16.8 Å². The number of hydrogen-bond donors (Lipinski definition) is 2. The molecule has 10 heteroatoms. The van der Waals surface area contributed by atoms with E-state index in [1.807, 2.05) is 0 Å². The second-order valence-corrected chi connectivity index (χ2v) is 7.00. The van der Waals surface area contributed by atoms with Gasteiger partial charge in [0.1, 0.15) is 17.4 Å². The van der Waals surface area contributed by atoms with Crippen LogP contribution in [-0.4, -0.2) is 32.4 Å². The first-order valence-electron chi connectivity index (χ1n) is 8.72. The molecule has 0 saturated heterocycles. The van der Waals surface area contributed by atoms with Crippen molar-refractivity contribution in [3.63, 3.8) is 0 Å². The van der Waals surface area contributed by atoms with Gasteiger partial charge in [0.05, 0.1) is 18.1 Å². The molecular weight excluding hydrogens is 391 g/mol. The Balaban J connectivity index is 2.02. The molecule has 0 aliphatic carbocycles. The Hall–Kier alpha value is -3.30. The smallest absolute Gasteiger partial charge is 0.420 e. The number of rotatable bonds is 6. The molecule has 1 unspecified atom stereocenters. The molecular formula is C19H18F3N3O4. The van der Waals surface area contributed by atoms with Crippen LogP contribution in [0.2, 0.25) is 0 Å². The molecule has 0 aromatic carbocycles. The molecule has 3 aromatic rings. The standard InChI is InChI=1S/C19H18F3N3O4/c1-10(2)5-14(18(27)28)24-17(26)15-8-25-7-12(11-3-4-29-9-11)6-13(16(25)23-15)19(20,21)22/h3-4,6-10,14H,5H2,1-2H3,(H,24,26)(H,27,28). The topological polar surface area (TPSA) is 96.8 Å². The number of pyridine rings is 1. The summed E-state index contributed by atoms with van der Waals surface area (Å²) in [5.74, 6) is -2.10. The fraction of sp³-hybridized carbons (Fsp3) is 0.316. The van der Waals surface area contributed by atoms with Crippen molar-refractivity contribution in [1.29, 1.82) is 0 Å². The average molecular weight is 409 g/mol. The van der Waals surface area contributed by atoms with Gasteiger partial charge in [-0.25, -0.2) is 9.78 Å². The van der Waals surface area contributed by atoms with Crippen LogP contribution in [0.15, 0.2) is 41.5 Å². The minimum absolute atomic E-state index is 0.00758. The lowest BCUT2D eigenvalue weighted by Crippen LogP contribution is -2.41. The number of amides is 1. The van der Waals surface area contributed by atoms with Gasteiger partial charge in [-0.1, -0.05) is 13.8 Å². The number of nitrogens with one attached hydrogen (secondary N) is 1. The number of nitrogens with zero attached hydrogens (tertiary/aromatic N) is 2. The van der Waals surface area contributed by atoms with E-state index in [0.29, 0.717) is 5.56 Å². The third-order valence-electron chi connectivity index (χ3n) is 4.25. The summed E-state index contributed by atoms with van der Waals surface area (Å²) in [5, 5.41) is 11.6. The molecule has 7 nitrogen and oxygen atoms in total. The van der Waals surface area contributed by atoms with Crippen LogP contribution >= 0.6 is 0 Å². The van der Waals surface area contributed by atoms with E-state index in [-0.39, 0.29) is 23.6 Å². The first kappa shape index (κ1) is 20.4. The summed E-state index contributed by atoms with van der Waals surface area (Å²) >= 11 is 0. The third kappa shape index (κ3) is 4.41. The molecule has 0 radical (unpaired) electrons. The van der Waals surface area contributed by atoms with E-state index in [9.17, 15) is 27.9 Å². The number of carboxylic acids is 1. The molecule has 3 rings (SSSR count). The van der Waals surface area contributed by atoms with Crippen LogP contribution < -0.4 is 5.32 Å². The summed E-state index contributed by atoms with van der Waals surface area (Å²) in [6.07, 6.45) is 0.629. The summed E-state index contributed by atoms with van der Waals surface area (Å²) in [6.45, 7) is 3.58. The molecule has 0 saturated carbocycles. The zero-order valence-corrected chi connectivity index (χ0v) is 15.5. The summed E-state index contributed by atoms with van der Waals surface area (Å²) in [6, 6.07) is 1.26. The second kappa shape index (κ2) is 7.61. The number of carbonyl (C=O) groups excluding carboxylic acids is 1. The first-order valence-corrected chi connectivity index (χ1v) is 8.72. The maximum absolute atomic E-state index is 13.6. The van der Waals surface area contributed by atoms with Crippen molar-refractivity contribution in [1.82, 2.24) is 14.7 Å². The minimum Gasteiger partial charge on any atom is -0.480 e. The number of carboxylic acid groups (broad SMARTS) is 1. The van der Waals surface area contributed by atoms with Crippen molar-refractivity contribution in [2.24, 2.45) is 5.92 Å². The predicted molar refractivity (Wildman–Crippen MR) is 96.2 cm³/mol. The Kier molecular flexibility index (Phi) is 5.36. The fourth-order valence-corrected chi connectivity index (χ4v) is 2.93. The number of imidazole rings is 1. The first-order chi connectivity index (χ1) is 13.6. The van der Waals surface area contributed by atoms with Crippen LogP contribution in [0, 0.1) is 5.92 Å². The van der Waals surface area contributed by atoms with Gasteiger partial charge in [0, 0.05) is 23.5 Å². The van der Waals surface area contributed by atoms with Crippen molar-refractivity contribution in [2.75, 3.05) is 0 Å². The molecule has 0 bridgehead atoms. The van der Waals surface area contributed by atoms with Crippen LogP contribution in [0.1, 0.15) is 36.3 Å². The number of aliphatic carboxylic acids is 1. The molecule has 3 heterocycles. The van der Waals surface area contributed by atoms with Gasteiger partial charge < -0.3 is 19.2 Å². The normalized spacial score (nSPS) is 13.0. The van der Waals surface area contributed by atoms with Crippen LogP contribution in [-0.2, 0) is 11.0 Å². The molecule has 0 aliphatic heterocycles. The van der Waals surface area contributed by atoms with Crippen molar-refractivity contribution in [3.8, 4) is 11.1 Å². The van der Waals surface area contributed by atoms with Gasteiger partial charge in [0.2, 0.25) is 0 Å². The van der Waals surface area contributed by atoms with Gasteiger partial charge in [0.25, 0.3) is 5.91 Å². The monoisotopic (exact) mass is 409 g/mol. The molecule has 1 atom stereocenters. The molecule has 29 heavy (non-hydrogen) atoms. The number of hydrogen-bond acceptors (Lipinski definition) is 4. The second-order valence-electron chi connectivity index (χ2n) is 7.00. The minimum atomic E-state index is -4.71. The third-order valence-corrected chi connectivity index (χ3v) is 4.25. The zero-order valence-electron chi connectivity index (χ0n) is 15.5. The number of carbonyl (C=O) groups is 2. The molecule has 0 aliphatic rings. The van der Waals surface area contributed by atoms with Crippen molar-refractivity contribution in [3.05, 3.63) is 48.3 Å². The number of furan rings is 1. The van der Waals surface area contributed by atoms with E-state index in [2.05, 4.69) is 10.3 Å². The Morgan fingerprint density at radius 1 is 1.28 bits per heavy atom. The SMILES string of the molecule is CC(C)CC(NC(=O)c1cn2cc(-c3ccoc3)cc(C(F)(F)F)c2n1)C(=O)O. The molecule has 0 fully saturated rings. The van der Waals surface area contributed by atoms with Crippen LogP contribution in [0.4, 0.5) is 13.2 Å². The maximum atomic E-state index is 13.6. The molecule has 2 N–H and O–H groups in total. The Labute approximate surface area is 163 Å². The van der Waals surface area contributed by atoms with Crippen molar-refractivity contribution < 1.29 is 32.3 Å². The Bertz CT molecular complexity index is 1040. The summed E-state index contributed by atoms with van der Waals surface area (Å²) in [7, 11) is 0. The highest BCUT2D eigenvalue weighted by Crippen LogP contribution is 2.35. The highest BCUT2D eigenvalue weighted by atomic mass is 19.4. The zero-order chi connectivity index (χ0) is 21.3. The van der Waals surface area contributed by atoms with Gasteiger partial charge >= 0.3 is 12.1 Å². The summed E-state index contributed by atoms with van der Waals surface area (Å²) in [5.41, 5.74) is -1.13. The number of aromatic nitrogens is 2. The van der Waals surface area contributed by atoms with E-state index < -0.39 is 35.3 Å². The van der Waals surface area contributed by atoms with E-state index in [1.54, 1.807) is 13.8 Å². The number of fused-ring (bicyclic) bond motifs is 1. The predicted octanol–water partition coefficient (Wildman–Crippen LogP) is 3.84. The molecule has 0 spiro atoms. The Morgan fingerprint density at radius 2 is 2.00 bits per heavy atom. The van der Waals surface area contributed by atoms with Crippen LogP contribution in [0.5, 0.6) is 0 Å². The quantitative estimate of drug-likeness (QED) is 0.645. The average Bonchev–Trinajstić information content (AvgIpc) is 3.28. The highest BCUT2D eigenvalue weighted by molar-refractivity contribution is 5.95. The van der Waals surface area contributed by atoms with Gasteiger partial charge in [-0.2, -0.15) is 13.2 Å². The van der Waals surface area contributed by atoms with E-state index in [4.69, 9.17) is 4.42 Å². The largest absolute Gasteiger partial charge is 0.480 e. The Morgan fingerprint density at radius 3 is 2.55 bits per heavy atom. The maximum Gasteiger partial charge on any atom is 0.420 e. The fourth-order valence-electron chi connectivity index (χ4n) is 2.93. The van der Waals surface area contributed by atoms with Gasteiger partial charge in [-0.15, -0.1) is 0 Å². The molecule has 154 valence electrons. The van der Waals surface area contributed by atoms with Gasteiger partial charge in [-0.3, -0.25) is 4.79 Å². The highest BCUT2D eigenvalue weighted by Gasteiger charge is 2.35. The van der Waals surface area contributed by atoms with Crippen molar-refractivity contribution >= 4 is 17.5 Å². The lowest BCUT2D eigenvalue weighted by molar-refractivity contribution is -0.139. The number of halogens is 3. The van der Waals surface area contributed by atoms with Crippen molar-refractivity contribution in [2.45, 2.75) is 32.5 Å².